The van der Waals surface area contributed by atoms with Gasteiger partial charge in [-0.25, -0.2) is 22.3 Å². The monoisotopic (exact) mass is 482 g/mol. The lowest BCUT2D eigenvalue weighted by atomic mass is 9.87. The van der Waals surface area contributed by atoms with Crippen LogP contribution in [0.15, 0.2) is 47.4 Å². The Morgan fingerprint density at radius 3 is 2.44 bits per heavy atom. The number of carbonyl (C=O) groups excluding carboxylic acids is 1. The molecule has 4 rings (SSSR count). The van der Waals surface area contributed by atoms with Gasteiger partial charge in [0.05, 0.1) is 29.0 Å². The van der Waals surface area contributed by atoms with E-state index < -0.39 is 16.0 Å². The van der Waals surface area contributed by atoms with Crippen molar-refractivity contribution in [1.29, 1.82) is 0 Å². The number of carbonyl (C=O) groups is 1. The van der Waals surface area contributed by atoms with E-state index >= 15 is 0 Å². The summed E-state index contributed by atoms with van der Waals surface area (Å²) in [4.78, 5) is 18.1. The van der Waals surface area contributed by atoms with Crippen LogP contribution in [0.2, 0.25) is 0 Å². The molecule has 2 aromatic carbocycles. The third-order valence-corrected chi connectivity index (χ3v) is 7.60. The molecule has 8 heteroatoms. The number of benzene rings is 2. The number of nitrogens with zero attached hydrogens (tertiary/aromatic N) is 1. The summed E-state index contributed by atoms with van der Waals surface area (Å²) in [6, 6.07) is 11.1. The van der Waals surface area contributed by atoms with Gasteiger partial charge in [-0.05, 0) is 73.2 Å². The maximum atomic E-state index is 13.8. The summed E-state index contributed by atoms with van der Waals surface area (Å²) in [7, 11) is -0.954. The van der Waals surface area contributed by atoms with Crippen LogP contribution in [0.5, 0.6) is 0 Å². The SMILES string of the molecule is CNS(=O)(=O)c1ccc2c(c1)-c1nc(C(C)C)c(C(=O)OC)c(-c3ccc(F)cc3)c1CCC2. The van der Waals surface area contributed by atoms with E-state index in [2.05, 4.69) is 4.72 Å². The molecular formula is C26H27FN2O4S. The lowest BCUT2D eigenvalue weighted by Gasteiger charge is -2.22. The number of fused-ring (bicyclic) bond motifs is 3. The second kappa shape index (κ2) is 9.27. The van der Waals surface area contributed by atoms with Gasteiger partial charge >= 0.3 is 5.97 Å². The Hall–Kier alpha value is -3.10. The molecule has 0 saturated heterocycles. The van der Waals surface area contributed by atoms with E-state index in [1.807, 2.05) is 19.9 Å². The van der Waals surface area contributed by atoms with Gasteiger partial charge in [0.1, 0.15) is 5.82 Å². The summed E-state index contributed by atoms with van der Waals surface area (Å²) in [6.07, 6.45) is 2.15. The van der Waals surface area contributed by atoms with E-state index in [4.69, 9.17) is 9.72 Å². The molecule has 0 saturated carbocycles. The lowest BCUT2D eigenvalue weighted by molar-refractivity contribution is 0.0599. The normalized spacial score (nSPS) is 13.2. The molecule has 3 aromatic rings. The highest BCUT2D eigenvalue weighted by Crippen LogP contribution is 2.42. The summed E-state index contributed by atoms with van der Waals surface area (Å²) in [5.74, 6) is -0.997. The summed E-state index contributed by atoms with van der Waals surface area (Å²) in [6.45, 7) is 3.88. The number of ether oxygens (including phenoxy) is 1. The highest BCUT2D eigenvalue weighted by Gasteiger charge is 2.30. The number of aromatic nitrogens is 1. The Kier molecular flexibility index (Phi) is 6.55. The van der Waals surface area contributed by atoms with Crippen molar-refractivity contribution in [2.75, 3.05) is 14.2 Å². The van der Waals surface area contributed by atoms with E-state index in [-0.39, 0.29) is 16.6 Å². The fraction of sp³-hybridized carbons (Fsp3) is 0.308. The van der Waals surface area contributed by atoms with Gasteiger partial charge in [0, 0.05) is 11.1 Å². The molecule has 0 spiro atoms. The molecule has 34 heavy (non-hydrogen) atoms. The zero-order chi connectivity index (χ0) is 24.6. The number of aryl methyl sites for hydroxylation is 1. The van der Waals surface area contributed by atoms with Crippen LogP contribution >= 0.6 is 0 Å². The number of sulfonamides is 1. The molecule has 0 bridgehead atoms. The number of methoxy groups -OCH3 is 1. The third kappa shape index (κ3) is 4.23. The van der Waals surface area contributed by atoms with E-state index in [0.29, 0.717) is 34.5 Å². The Morgan fingerprint density at radius 2 is 1.82 bits per heavy atom. The lowest BCUT2D eigenvalue weighted by Crippen LogP contribution is -2.19. The number of esters is 1. The van der Waals surface area contributed by atoms with Crippen molar-refractivity contribution in [3.05, 3.63) is 70.7 Å². The van der Waals surface area contributed by atoms with Crippen LogP contribution in [0.4, 0.5) is 4.39 Å². The van der Waals surface area contributed by atoms with Crippen molar-refractivity contribution in [1.82, 2.24) is 9.71 Å². The van der Waals surface area contributed by atoms with E-state index in [1.165, 1.54) is 26.3 Å². The first kappa shape index (κ1) is 24.0. The molecule has 0 radical (unpaired) electrons. The van der Waals surface area contributed by atoms with Crippen molar-refractivity contribution in [3.63, 3.8) is 0 Å². The summed E-state index contributed by atoms with van der Waals surface area (Å²) < 4.78 is 46.3. The minimum Gasteiger partial charge on any atom is -0.465 e. The topological polar surface area (TPSA) is 85.4 Å². The van der Waals surface area contributed by atoms with Gasteiger partial charge in [-0.3, -0.25) is 4.98 Å². The molecule has 178 valence electrons. The number of hydrogen-bond acceptors (Lipinski definition) is 5. The Labute approximate surface area is 199 Å². The molecule has 6 nitrogen and oxygen atoms in total. The highest BCUT2D eigenvalue weighted by atomic mass is 32.2. The number of nitrogens with one attached hydrogen (secondary N) is 1. The predicted molar refractivity (Wildman–Crippen MR) is 129 cm³/mol. The average Bonchev–Trinajstić information content (AvgIpc) is 3.01. The second-order valence-corrected chi connectivity index (χ2v) is 10.5. The standard InChI is InChI=1S/C26H27FN2O4S/c1-15(2)24-23(26(30)33-4)22(17-8-11-18(27)12-9-17)20-7-5-6-16-10-13-19(34(31,32)28-3)14-21(16)25(20)29-24/h8-15,28H,5-7H2,1-4H3. The second-order valence-electron chi connectivity index (χ2n) is 8.61. The van der Waals surface area contributed by atoms with Crippen LogP contribution in [0.3, 0.4) is 0 Å². The van der Waals surface area contributed by atoms with E-state index in [9.17, 15) is 17.6 Å². The van der Waals surface area contributed by atoms with Crippen LogP contribution in [0, 0.1) is 5.82 Å². The minimum atomic E-state index is -3.66. The quantitative estimate of drug-likeness (QED) is 0.525. The van der Waals surface area contributed by atoms with Crippen molar-refractivity contribution < 1.29 is 22.3 Å². The molecule has 1 aliphatic rings. The summed E-state index contributed by atoms with van der Waals surface area (Å²) in [5.41, 5.74) is 5.47. The third-order valence-electron chi connectivity index (χ3n) is 6.18. The van der Waals surface area contributed by atoms with Crippen LogP contribution in [0.1, 0.15) is 53.4 Å². The molecule has 1 heterocycles. The highest BCUT2D eigenvalue weighted by molar-refractivity contribution is 7.89. The number of hydrogen-bond donors (Lipinski definition) is 1. The summed E-state index contributed by atoms with van der Waals surface area (Å²) >= 11 is 0. The Balaban J connectivity index is 2.13. The fourth-order valence-electron chi connectivity index (χ4n) is 4.50. The van der Waals surface area contributed by atoms with Crippen molar-refractivity contribution >= 4 is 16.0 Å². The largest absolute Gasteiger partial charge is 0.465 e. The number of rotatable bonds is 5. The maximum Gasteiger partial charge on any atom is 0.340 e. The number of pyridine rings is 1. The molecule has 0 aliphatic heterocycles. The average molecular weight is 483 g/mol. The Morgan fingerprint density at radius 1 is 1.12 bits per heavy atom. The fourth-order valence-corrected chi connectivity index (χ4v) is 5.26. The first-order valence-corrected chi connectivity index (χ1v) is 12.6. The van der Waals surface area contributed by atoms with Crippen molar-refractivity contribution in [3.8, 4) is 22.4 Å². The molecule has 1 aromatic heterocycles. The van der Waals surface area contributed by atoms with Gasteiger partial charge in [0.25, 0.3) is 0 Å². The first-order chi connectivity index (χ1) is 16.2. The van der Waals surface area contributed by atoms with Crippen molar-refractivity contribution in [2.45, 2.75) is 43.9 Å². The molecule has 0 unspecified atom stereocenters. The van der Waals surface area contributed by atoms with Crippen LogP contribution < -0.4 is 4.72 Å². The van der Waals surface area contributed by atoms with Gasteiger partial charge in [-0.15, -0.1) is 0 Å². The van der Waals surface area contributed by atoms with Gasteiger partial charge in [0.2, 0.25) is 10.0 Å². The van der Waals surface area contributed by atoms with Gasteiger partial charge in [-0.2, -0.15) is 0 Å². The molecule has 0 atom stereocenters. The predicted octanol–water partition coefficient (Wildman–Crippen LogP) is 4.86. The number of halogens is 1. The zero-order valence-corrected chi connectivity index (χ0v) is 20.4. The van der Waals surface area contributed by atoms with E-state index in [0.717, 1.165) is 29.5 Å². The van der Waals surface area contributed by atoms with Crippen LogP contribution in [-0.4, -0.2) is 33.5 Å². The summed E-state index contributed by atoms with van der Waals surface area (Å²) in [5, 5.41) is 0. The van der Waals surface area contributed by atoms with Crippen LogP contribution in [0.25, 0.3) is 22.4 Å². The Bertz CT molecular complexity index is 1370. The maximum absolute atomic E-state index is 13.8. The molecule has 1 N–H and O–H groups in total. The van der Waals surface area contributed by atoms with E-state index in [1.54, 1.807) is 24.3 Å². The van der Waals surface area contributed by atoms with Crippen molar-refractivity contribution in [2.24, 2.45) is 0 Å². The smallest absolute Gasteiger partial charge is 0.340 e. The molecule has 0 amide bonds. The molecule has 1 aliphatic carbocycles. The zero-order valence-electron chi connectivity index (χ0n) is 19.6. The molecule has 0 fully saturated rings. The van der Waals surface area contributed by atoms with Gasteiger partial charge in [0.15, 0.2) is 0 Å². The van der Waals surface area contributed by atoms with Crippen LogP contribution in [-0.2, 0) is 27.6 Å². The minimum absolute atomic E-state index is 0.116. The first-order valence-electron chi connectivity index (χ1n) is 11.2. The van der Waals surface area contributed by atoms with Gasteiger partial charge < -0.3 is 4.74 Å². The molecular weight excluding hydrogens is 455 g/mol. The van der Waals surface area contributed by atoms with Gasteiger partial charge in [-0.1, -0.05) is 32.0 Å².